The maximum absolute atomic E-state index is 10.2. The molecule has 2 aromatic rings. The van der Waals surface area contributed by atoms with Gasteiger partial charge in [0, 0.05) is 23.7 Å². The quantitative estimate of drug-likeness (QED) is 0.913. The van der Waals surface area contributed by atoms with Gasteiger partial charge in [0.2, 0.25) is 0 Å². The molecule has 0 bridgehead atoms. The summed E-state index contributed by atoms with van der Waals surface area (Å²) >= 11 is 1.69. The summed E-state index contributed by atoms with van der Waals surface area (Å²) in [5.41, 5.74) is 1.87. The molecule has 2 unspecified atom stereocenters. The summed E-state index contributed by atoms with van der Waals surface area (Å²) in [5, 5.41) is 10.2. The number of furan rings is 1. The Balaban J connectivity index is 1.60. The summed E-state index contributed by atoms with van der Waals surface area (Å²) in [6.07, 6.45) is 6.14. The number of thiazole rings is 1. The molecule has 0 amide bonds. The van der Waals surface area contributed by atoms with Crippen LogP contribution in [0.15, 0.2) is 34.5 Å². The number of hydrogen-bond acceptors (Lipinski definition) is 5. The van der Waals surface area contributed by atoms with E-state index in [1.54, 1.807) is 17.6 Å². The predicted molar refractivity (Wildman–Crippen MR) is 73.8 cm³/mol. The molecule has 0 spiro atoms. The first-order chi connectivity index (χ1) is 9.33. The van der Waals surface area contributed by atoms with Gasteiger partial charge in [0.05, 0.1) is 11.8 Å². The number of hydrogen-bond donors (Lipinski definition) is 1. The Labute approximate surface area is 116 Å². The minimum Gasteiger partial charge on any atom is -0.467 e. The minimum atomic E-state index is -0.498. The highest BCUT2D eigenvalue weighted by atomic mass is 32.1. The zero-order valence-electron chi connectivity index (χ0n) is 10.7. The van der Waals surface area contributed by atoms with Crippen LogP contribution in [0.1, 0.15) is 36.0 Å². The van der Waals surface area contributed by atoms with Crippen LogP contribution in [-0.2, 0) is 6.54 Å². The first kappa shape index (κ1) is 12.8. The fraction of sp³-hybridized carbons (Fsp3) is 0.500. The highest BCUT2D eigenvalue weighted by molar-refractivity contribution is 7.09. The lowest BCUT2D eigenvalue weighted by molar-refractivity contribution is 0.0998. The van der Waals surface area contributed by atoms with Crippen molar-refractivity contribution in [2.24, 2.45) is 0 Å². The van der Waals surface area contributed by atoms with E-state index in [-0.39, 0.29) is 0 Å². The summed E-state index contributed by atoms with van der Waals surface area (Å²) in [6.45, 7) is 2.05. The highest BCUT2D eigenvalue weighted by Gasteiger charge is 2.28. The molecule has 3 heterocycles. The summed E-state index contributed by atoms with van der Waals surface area (Å²) in [4.78, 5) is 7.85. The third-order valence-electron chi connectivity index (χ3n) is 3.71. The molecule has 3 rings (SSSR count). The van der Waals surface area contributed by atoms with Gasteiger partial charge in [-0.15, -0.1) is 11.3 Å². The van der Waals surface area contributed by atoms with Crippen molar-refractivity contribution in [3.05, 3.63) is 40.7 Å². The van der Waals surface area contributed by atoms with Gasteiger partial charge in [0.15, 0.2) is 0 Å². The molecule has 1 aliphatic heterocycles. The van der Waals surface area contributed by atoms with Crippen molar-refractivity contribution in [3.8, 4) is 0 Å². The van der Waals surface area contributed by atoms with Gasteiger partial charge in [-0.2, -0.15) is 0 Å². The van der Waals surface area contributed by atoms with Gasteiger partial charge in [-0.3, -0.25) is 9.88 Å². The van der Waals surface area contributed by atoms with Crippen LogP contribution in [0.25, 0.3) is 0 Å². The fourth-order valence-corrected chi connectivity index (χ4v) is 3.36. The van der Waals surface area contributed by atoms with E-state index < -0.39 is 6.10 Å². The van der Waals surface area contributed by atoms with Crippen molar-refractivity contribution in [1.29, 1.82) is 0 Å². The Kier molecular flexibility index (Phi) is 3.96. The molecule has 1 N–H and O–H groups in total. The lowest BCUT2D eigenvalue weighted by Gasteiger charge is -2.25. The normalized spacial score (nSPS) is 21.8. The van der Waals surface area contributed by atoms with Crippen molar-refractivity contribution in [1.82, 2.24) is 9.88 Å². The van der Waals surface area contributed by atoms with E-state index in [1.165, 1.54) is 11.3 Å². The fourth-order valence-electron chi connectivity index (χ4n) is 2.75. The molecule has 1 fully saturated rings. The third kappa shape index (κ3) is 3.05. The highest BCUT2D eigenvalue weighted by Crippen LogP contribution is 2.29. The maximum Gasteiger partial charge on any atom is 0.132 e. The predicted octanol–water partition coefficient (Wildman–Crippen LogP) is 2.82. The van der Waals surface area contributed by atoms with Crippen molar-refractivity contribution in [3.63, 3.8) is 0 Å². The van der Waals surface area contributed by atoms with Crippen LogP contribution < -0.4 is 0 Å². The van der Waals surface area contributed by atoms with Gasteiger partial charge in [0.1, 0.15) is 11.9 Å². The van der Waals surface area contributed by atoms with Crippen LogP contribution >= 0.6 is 11.3 Å². The number of likely N-dealkylation sites (tertiary alicyclic amines) is 1. The SMILES string of the molecule is OC(CC1CCCN1Cc1cncs1)c1ccco1. The number of aliphatic hydroxyl groups is 1. The van der Waals surface area contributed by atoms with Crippen molar-refractivity contribution >= 4 is 11.3 Å². The third-order valence-corrected chi connectivity index (χ3v) is 4.47. The van der Waals surface area contributed by atoms with Gasteiger partial charge in [-0.25, -0.2) is 0 Å². The molecule has 5 heteroatoms. The summed E-state index contributed by atoms with van der Waals surface area (Å²) in [7, 11) is 0. The van der Waals surface area contributed by atoms with Crippen LogP contribution in [0.5, 0.6) is 0 Å². The molecule has 0 aliphatic carbocycles. The number of rotatable bonds is 5. The molecule has 0 saturated carbocycles. The van der Waals surface area contributed by atoms with Crippen LogP contribution in [0.3, 0.4) is 0 Å². The first-order valence-corrected chi connectivity index (χ1v) is 7.54. The second kappa shape index (κ2) is 5.86. The lowest BCUT2D eigenvalue weighted by Crippen LogP contribution is -2.30. The van der Waals surface area contributed by atoms with E-state index in [9.17, 15) is 5.11 Å². The van der Waals surface area contributed by atoms with Crippen molar-refractivity contribution in [2.45, 2.75) is 38.0 Å². The number of nitrogens with zero attached hydrogens (tertiary/aromatic N) is 2. The second-order valence-corrected chi connectivity index (χ2v) is 5.97. The van der Waals surface area contributed by atoms with Crippen LogP contribution in [-0.4, -0.2) is 27.6 Å². The number of aliphatic hydroxyl groups excluding tert-OH is 1. The molecule has 0 aromatic carbocycles. The van der Waals surface area contributed by atoms with Gasteiger partial charge < -0.3 is 9.52 Å². The smallest absolute Gasteiger partial charge is 0.132 e. The first-order valence-electron chi connectivity index (χ1n) is 6.66. The van der Waals surface area contributed by atoms with E-state index in [2.05, 4.69) is 9.88 Å². The lowest BCUT2D eigenvalue weighted by atomic mass is 10.1. The molecular formula is C14H18N2O2S. The Morgan fingerprint density at radius 2 is 2.53 bits per heavy atom. The minimum absolute atomic E-state index is 0.433. The van der Waals surface area contributed by atoms with Crippen LogP contribution in [0, 0.1) is 0 Å². The standard InChI is InChI=1S/C14H18N2O2S/c17-13(14-4-2-6-18-14)7-11-3-1-5-16(11)9-12-8-15-10-19-12/h2,4,6,8,10-11,13,17H,1,3,5,7,9H2. The Bertz CT molecular complexity index is 484. The maximum atomic E-state index is 10.2. The molecule has 102 valence electrons. The monoisotopic (exact) mass is 278 g/mol. The molecule has 2 atom stereocenters. The van der Waals surface area contributed by atoms with Crippen molar-refractivity contribution in [2.75, 3.05) is 6.54 Å². The largest absolute Gasteiger partial charge is 0.467 e. The van der Waals surface area contributed by atoms with Gasteiger partial charge in [0.25, 0.3) is 0 Å². The van der Waals surface area contributed by atoms with Crippen LogP contribution in [0.2, 0.25) is 0 Å². The zero-order chi connectivity index (χ0) is 13.1. The molecule has 1 aliphatic rings. The molecule has 4 nitrogen and oxygen atoms in total. The Hall–Kier alpha value is -1.17. The van der Waals surface area contributed by atoms with E-state index in [4.69, 9.17) is 4.42 Å². The van der Waals surface area contributed by atoms with E-state index in [1.807, 2.05) is 23.8 Å². The van der Waals surface area contributed by atoms with E-state index >= 15 is 0 Å². The van der Waals surface area contributed by atoms with E-state index in [0.717, 1.165) is 25.9 Å². The summed E-state index contributed by atoms with van der Waals surface area (Å²) < 4.78 is 5.27. The Morgan fingerprint density at radius 3 is 3.26 bits per heavy atom. The summed E-state index contributed by atoms with van der Waals surface area (Å²) in [6, 6.07) is 4.09. The second-order valence-electron chi connectivity index (χ2n) is 5.00. The Morgan fingerprint density at radius 1 is 1.58 bits per heavy atom. The molecule has 0 radical (unpaired) electrons. The molecule has 2 aromatic heterocycles. The average Bonchev–Trinajstić information content (AvgIpc) is 3.12. The van der Waals surface area contributed by atoms with Gasteiger partial charge in [-0.05, 0) is 37.9 Å². The van der Waals surface area contributed by atoms with Crippen LogP contribution in [0.4, 0.5) is 0 Å². The van der Waals surface area contributed by atoms with Gasteiger partial charge >= 0.3 is 0 Å². The average molecular weight is 278 g/mol. The van der Waals surface area contributed by atoms with Gasteiger partial charge in [-0.1, -0.05) is 0 Å². The molecule has 1 saturated heterocycles. The summed E-state index contributed by atoms with van der Waals surface area (Å²) in [5.74, 6) is 0.671. The van der Waals surface area contributed by atoms with E-state index in [0.29, 0.717) is 11.8 Å². The molecular weight excluding hydrogens is 260 g/mol. The molecule has 19 heavy (non-hydrogen) atoms. The topological polar surface area (TPSA) is 49.5 Å². The van der Waals surface area contributed by atoms with Crippen molar-refractivity contribution < 1.29 is 9.52 Å². The zero-order valence-corrected chi connectivity index (χ0v) is 11.6. The number of aromatic nitrogens is 1.